The molecule has 1 aromatic rings. The van der Waals surface area contributed by atoms with Crippen LogP contribution in [0.2, 0.25) is 0 Å². The van der Waals surface area contributed by atoms with Crippen molar-refractivity contribution in [2.45, 2.75) is 12.5 Å². The van der Waals surface area contributed by atoms with Gasteiger partial charge in [0.2, 0.25) is 5.91 Å². The van der Waals surface area contributed by atoms with Crippen LogP contribution in [-0.4, -0.2) is 75.9 Å². The topological polar surface area (TPSA) is 106 Å². The van der Waals surface area contributed by atoms with E-state index in [0.29, 0.717) is 17.8 Å². The molecule has 4 N–H and O–H groups in total. The number of ether oxygens (including phenoxy) is 2. The Morgan fingerprint density at radius 2 is 1.86 bits per heavy atom. The summed E-state index contributed by atoms with van der Waals surface area (Å²) in [7, 11) is 1.53. The zero-order valence-corrected chi connectivity index (χ0v) is 17.7. The molecule has 1 aromatic carbocycles. The maximum absolute atomic E-state index is 12.2. The predicted octanol–water partition coefficient (Wildman–Crippen LogP) is 0.895. The molecule has 0 aromatic heterocycles. The molecule has 10 heteroatoms. The number of nitrogens with zero attached hydrogens (tertiary/aromatic N) is 1. The lowest BCUT2D eigenvalue weighted by molar-refractivity contribution is -0.118. The molecule has 1 atom stereocenters. The van der Waals surface area contributed by atoms with Crippen molar-refractivity contribution < 1.29 is 19.1 Å². The van der Waals surface area contributed by atoms with E-state index in [2.05, 4.69) is 15.5 Å². The highest BCUT2D eigenvalue weighted by Gasteiger charge is 2.13. The molecule has 1 unspecified atom stereocenters. The van der Waals surface area contributed by atoms with E-state index in [9.17, 15) is 9.59 Å². The van der Waals surface area contributed by atoms with Gasteiger partial charge in [0.25, 0.3) is 5.91 Å². The van der Waals surface area contributed by atoms with Crippen LogP contribution in [0.25, 0.3) is 0 Å². The van der Waals surface area contributed by atoms with Gasteiger partial charge in [0.15, 0.2) is 0 Å². The molecule has 2 rings (SSSR count). The molecule has 0 saturated carbocycles. The largest absolute Gasteiger partial charge is 0.380 e. The van der Waals surface area contributed by atoms with E-state index in [1.807, 2.05) is 0 Å². The predicted molar refractivity (Wildman–Crippen MR) is 114 cm³/mol. The van der Waals surface area contributed by atoms with E-state index in [0.717, 1.165) is 32.8 Å². The van der Waals surface area contributed by atoms with Crippen molar-refractivity contribution in [3.05, 3.63) is 29.8 Å². The summed E-state index contributed by atoms with van der Waals surface area (Å²) < 4.78 is 10.4. The number of morpholine rings is 1. The SMILES string of the molecule is COC(CN)CC(=O)Nc1ccc(C(=O)NCCN2CCOCC2)cc1.Cl.Cl. The highest BCUT2D eigenvalue weighted by molar-refractivity contribution is 5.95. The quantitative estimate of drug-likeness (QED) is 0.530. The van der Waals surface area contributed by atoms with Crippen LogP contribution in [0.15, 0.2) is 24.3 Å². The smallest absolute Gasteiger partial charge is 0.251 e. The van der Waals surface area contributed by atoms with E-state index in [4.69, 9.17) is 15.2 Å². The lowest BCUT2D eigenvalue weighted by Gasteiger charge is -2.26. The summed E-state index contributed by atoms with van der Waals surface area (Å²) in [5.41, 5.74) is 6.70. The second kappa shape index (κ2) is 14.6. The maximum atomic E-state index is 12.2. The van der Waals surface area contributed by atoms with Crippen molar-refractivity contribution >= 4 is 42.3 Å². The Hall–Kier alpha value is -1.42. The average molecular weight is 437 g/mol. The van der Waals surface area contributed by atoms with Crippen molar-refractivity contribution in [2.75, 3.05) is 58.4 Å². The van der Waals surface area contributed by atoms with Crippen molar-refractivity contribution in [1.29, 1.82) is 0 Å². The molecule has 28 heavy (non-hydrogen) atoms. The Kier molecular flexibility index (Phi) is 13.8. The van der Waals surface area contributed by atoms with Crippen LogP contribution in [0, 0.1) is 0 Å². The Morgan fingerprint density at radius 1 is 1.21 bits per heavy atom. The minimum atomic E-state index is -0.300. The fourth-order valence-electron chi connectivity index (χ4n) is 2.64. The van der Waals surface area contributed by atoms with E-state index in [-0.39, 0.29) is 55.7 Å². The summed E-state index contributed by atoms with van der Waals surface area (Å²) in [6, 6.07) is 6.80. The molecule has 0 aliphatic carbocycles. The summed E-state index contributed by atoms with van der Waals surface area (Å²) in [5, 5.41) is 5.68. The lowest BCUT2D eigenvalue weighted by Crippen LogP contribution is -2.41. The van der Waals surface area contributed by atoms with Crippen LogP contribution in [-0.2, 0) is 14.3 Å². The Balaban J connectivity index is 0.00000364. The first kappa shape index (κ1) is 26.6. The van der Waals surface area contributed by atoms with Crippen molar-refractivity contribution in [3.63, 3.8) is 0 Å². The Morgan fingerprint density at radius 3 is 2.43 bits per heavy atom. The lowest BCUT2D eigenvalue weighted by atomic mass is 10.2. The molecule has 0 bridgehead atoms. The van der Waals surface area contributed by atoms with Crippen LogP contribution in [0.4, 0.5) is 5.69 Å². The first-order valence-electron chi connectivity index (χ1n) is 8.83. The third kappa shape index (κ3) is 9.18. The second-order valence-electron chi connectivity index (χ2n) is 6.13. The molecule has 1 aliphatic heterocycles. The van der Waals surface area contributed by atoms with Gasteiger partial charge in [0, 0.05) is 51.1 Å². The maximum Gasteiger partial charge on any atom is 0.251 e. The van der Waals surface area contributed by atoms with Crippen molar-refractivity contribution in [2.24, 2.45) is 5.73 Å². The fourth-order valence-corrected chi connectivity index (χ4v) is 2.64. The number of carbonyl (C=O) groups is 2. The standard InChI is InChI=1S/C18H28N4O4.2ClH/c1-25-16(13-19)12-17(23)21-15-4-2-14(3-5-15)18(24)20-6-7-22-8-10-26-11-9-22;;/h2-5,16H,6-13,19H2,1H3,(H,20,24)(H,21,23);2*1H. The number of halogens is 2. The van der Waals surface area contributed by atoms with E-state index >= 15 is 0 Å². The second-order valence-corrected chi connectivity index (χ2v) is 6.13. The van der Waals surface area contributed by atoms with E-state index in [1.165, 1.54) is 7.11 Å². The monoisotopic (exact) mass is 436 g/mol. The zero-order valence-electron chi connectivity index (χ0n) is 16.0. The summed E-state index contributed by atoms with van der Waals surface area (Å²) in [6.07, 6.45) is -0.108. The molecule has 1 saturated heterocycles. The number of amides is 2. The molecule has 1 fully saturated rings. The first-order chi connectivity index (χ1) is 12.6. The van der Waals surface area contributed by atoms with Crippen LogP contribution in [0.5, 0.6) is 0 Å². The summed E-state index contributed by atoms with van der Waals surface area (Å²) in [6.45, 7) is 4.99. The van der Waals surface area contributed by atoms with Crippen LogP contribution >= 0.6 is 24.8 Å². The van der Waals surface area contributed by atoms with Crippen LogP contribution in [0.1, 0.15) is 16.8 Å². The van der Waals surface area contributed by atoms with Gasteiger partial charge in [-0.15, -0.1) is 24.8 Å². The number of rotatable bonds is 9. The molecule has 160 valence electrons. The summed E-state index contributed by atoms with van der Waals surface area (Å²) in [4.78, 5) is 26.3. The summed E-state index contributed by atoms with van der Waals surface area (Å²) in [5.74, 6) is -0.302. The average Bonchev–Trinajstić information content (AvgIpc) is 2.67. The zero-order chi connectivity index (χ0) is 18.8. The van der Waals surface area contributed by atoms with Crippen molar-refractivity contribution in [3.8, 4) is 0 Å². The van der Waals surface area contributed by atoms with Gasteiger partial charge in [-0.3, -0.25) is 14.5 Å². The van der Waals surface area contributed by atoms with Crippen LogP contribution in [0.3, 0.4) is 0 Å². The molecule has 1 heterocycles. The minimum absolute atomic E-state index is 0. The van der Waals surface area contributed by atoms with Gasteiger partial charge in [-0.1, -0.05) is 0 Å². The number of hydrogen-bond acceptors (Lipinski definition) is 6. The number of nitrogens with one attached hydrogen (secondary N) is 2. The molecule has 2 amide bonds. The van der Waals surface area contributed by atoms with Crippen molar-refractivity contribution in [1.82, 2.24) is 10.2 Å². The van der Waals surface area contributed by atoms with Gasteiger partial charge in [-0.25, -0.2) is 0 Å². The molecule has 1 aliphatic rings. The number of carbonyl (C=O) groups excluding carboxylic acids is 2. The van der Waals surface area contributed by atoms with Gasteiger partial charge in [0.05, 0.1) is 25.7 Å². The van der Waals surface area contributed by atoms with Gasteiger partial charge in [-0.05, 0) is 24.3 Å². The molecule has 0 spiro atoms. The van der Waals surface area contributed by atoms with Gasteiger partial charge in [-0.2, -0.15) is 0 Å². The molecular formula is C18H30Cl2N4O4. The Labute approximate surface area is 178 Å². The van der Waals surface area contributed by atoms with Gasteiger partial charge < -0.3 is 25.8 Å². The summed E-state index contributed by atoms with van der Waals surface area (Å²) >= 11 is 0. The number of nitrogens with two attached hydrogens (primary N) is 1. The molecular weight excluding hydrogens is 407 g/mol. The number of hydrogen-bond donors (Lipinski definition) is 3. The normalized spacial score (nSPS) is 14.9. The number of anilines is 1. The van der Waals surface area contributed by atoms with Gasteiger partial charge in [0.1, 0.15) is 0 Å². The van der Waals surface area contributed by atoms with Crippen LogP contribution < -0.4 is 16.4 Å². The number of methoxy groups -OCH3 is 1. The highest BCUT2D eigenvalue weighted by atomic mass is 35.5. The van der Waals surface area contributed by atoms with E-state index in [1.54, 1.807) is 24.3 Å². The molecule has 0 radical (unpaired) electrons. The minimum Gasteiger partial charge on any atom is -0.380 e. The molecule has 8 nitrogen and oxygen atoms in total. The third-order valence-electron chi connectivity index (χ3n) is 4.26. The number of benzene rings is 1. The van der Waals surface area contributed by atoms with Gasteiger partial charge >= 0.3 is 0 Å². The van der Waals surface area contributed by atoms with E-state index < -0.39 is 0 Å². The fraction of sp³-hybridized carbons (Fsp3) is 0.556. The third-order valence-corrected chi connectivity index (χ3v) is 4.26. The Bertz CT molecular complexity index is 579. The first-order valence-corrected chi connectivity index (χ1v) is 8.83. The highest BCUT2D eigenvalue weighted by Crippen LogP contribution is 2.10.